The van der Waals surface area contributed by atoms with Crippen LogP contribution in [0.4, 0.5) is 5.69 Å². The van der Waals surface area contributed by atoms with Gasteiger partial charge in [-0.3, -0.25) is 0 Å². The van der Waals surface area contributed by atoms with Crippen molar-refractivity contribution in [2.45, 2.75) is 19.8 Å². The number of benzene rings is 2. The van der Waals surface area contributed by atoms with Crippen molar-refractivity contribution in [1.82, 2.24) is 4.57 Å². The van der Waals surface area contributed by atoms with Gasteiger partial charge in [-0.1, -0.05) is 32.0 Å². The minimum Gasteiger partial charge on any atom is -0.508 e. The lowest BCUT2D eigenvalue weighted by Gasteiger charge is -2.14. The minimum atomic E-state index is 0.268. The molecule has 0 radical (unpaired) electrons. The topological polar surface area (TPSA) is 51.2 Å². The van der Waals surface area contributed by atoms with Gasteiger partial charge in [-0.2, -0.15) is 0 Å². The van der Waals surface area contributed by atoms with E-state index in [1.807, 2.05) is 30.3 Å². The molecular weight excluding hydrogens is 248 g/mol. The average molecular weight is 266 g/mol. The molecule has 0 atom stereocenters. The number of phenols is 1. The van der Waals surface area contributed by atoms with Gasteiger partial charge in [0.15, 0.2) is 0 Å². The molecule has 0 saturated heterocycles. The highest BCUT2D eigenvalue weighted by molar-refractivity contribution is 5.95. The maximum Gasteiger partial charge on any atom is 0.115 e. The molecule has 102 valence electrons. The molecule has 0 bridgehead atoms. The Hall–Kier alpha value is -2.42. The van der Waals surface area contributed by atoms with E-state index in [0.29, 0.717) is 5.92 Å². The zero-order chi connectivity index (χ0) is 14.3. The number of nitrogen functional groups attached to an aromatic ring is 1. The van der Waals surface area contributed by atoms with E-state index in [1.165, 1.54) is 0 Å². The van der Waals surface area contributed by atoms with Crippen LogP contribution in [-0.4, -0.2) is 9.67 Å². The van der Waals surface area contributed by atoms with Gasteiger partial charge in [0, 0.05) is 16.8 Å². The maximum absolute atomic E-state index is 9.47. The molecule has 0 aliphatic rings. The van der Waals surface area contributed by atoms with Crippen LogP contribution in [0.25, 0.3) is 16.6 Å². The largest absolute Gasteiger partial charge is 0.508 e. The molecule has 0 saturated carbocycles. The summed E-state index contributed by atoms with van der Waals surface area (Å²) in [4.78, 5) is 0. The quantitative estimate of drug-likeness (QED) is 0.735. The van der Waals surface area contributed by atoms with E-state index < -0.39 is 0 Å². The number of anilines is 1. The number of nitrogens with zero attached hydrogens (tertiary/aromatic N) is 1. The SMILES string of the molecule is CC(C)c1c(N)c2ccccc2n1-c1ccc(O)cc1. The van der Waals surface area contributed by atoms with Crippen LogP contribution in [0.1, 0.15) is 25.5 Å². The molecule has 0 unspecified atom stereocenters. The van der Waals surface area contributed by atoms with Crippen LogP contribution in [0.5, 0.6) is 5.75 Å². The van der Waals surface area contributed by atoms with Crippen molar-refractivity contribution in [3.63, 3.8) is 0 Å². The third kappa shape index (κ3) is 1.83. The van der Waals surface area contributed by atoms with Crippen molar-refractivity contribution in [2.24, 2.45) is 0 Å². The number of para-hydroxylation sites is 1. The number of aromatic hydroxyl groups is 1. The van der Waals surface area contributed by atoms with E-state index in [1.54, 1.807) is 12.1 Å². The lowest BCUT2D eigenvalue weighted by atomic mass is 10.1. The second-order valence-corrected chi connectivity index (χ2v) is 5.32. The lowest BCUT2D eigenvalue weighted by Crippen LogP contribution is -2.03. The molecule has 3 rings (SSSR count). The fraction of sp³-hybridized carbons (Fsp3) is 0.176. The molecule has 0 aliphatic carbocycles. The summed E-state index contributed by atoms with van der Waals surface area (Å²) in [6.07, 6.45) is 0. The van der Waals surface area contributed by atoms with E-state index in [4.69, 9.17) is 5.73 Å². The lowest BCUT2D eigenvalue weighted by molar-refractivity contribution is 0.475. The fourth-order valence-corrected chi connectivity index (χ4v) is 2.73. The zero-order valence-corrected chi connectivity index (χ0v) is 11.7. The summed E-state index contributed by atoms with van der Waals surface area (Å²) >= 11 is 0. The number of fused-ring (bicyclic) bond motifs is 1. The molecule has 0 aliphatic heterocycles. The summed E-state index contributed by atoms with van der Waals surface area (Å²) in [5, 5.41) is 10.5. The molecule has 20 heavy (non-hydrogen) atoms. The van der Waals surface area contributed by atoms with Crippen molar-refractivity contribution >= 4 is 16.6 Å². The van der Waals surface area contributed by atoms with E-state index in [2.05, 4.69) is 24.5 Å². The highest BCUT2D eigenvalue weighted by Crippen LogP contribution is 2.35. The Morgan fingerprint density at radius 2 is 1.65 bits per heavy atom. The molecule has 1 heterocycles. The number of hydrogen-bond acceptors (Lipinski definition) is 2. The first-order chi connectivity index (χ1) is 9.59. The van der Waals surface area contributed by atoms with Crippen LogP contribution in [0.2, 0.25) is 0 Å². The first-order valence-corrected chi connectivity index (χ1v) is 6.78. The van der Waals surface area contributed by atoms with Crippen LogP contribution in [-0.2, 0) is 0 Å². The van der Waals surface area contributed by atoms with Gasteiger partial charge >= 0.3 is 0 Å². The van der Waals surface area contributed by atoms with Gasteiger partial charge in [0.05, 0.1) is 11.2 Å². The smallest absolute Gasteiger partial charge is 0.115 e. The second-order valence-electron chi connectivity index (χ2n) is 5.32. The van der Waals surface area contributed by atoms with E-state index in [-0.39, 0.29) is 5.75 Å². The van der Waals surface area contributed by atoms with Crippen LogP contribution in [0.3, 0.4) is 0 Å². The van der Waals surface area contributed by atoms with Crippen LogP contribution >= 0.6 is 0 Å². The van der Waals surface area contributed by atoms with Crippen molar-refractivity contribution in [3.05, 3.63) is 54.2 Å². The van der Waals surface area contributed by atoms with Gasteiger partial charge in [0.2, 0.25) is 0 Å². The number of nitrogens with two attached hydrogens (primary N) is 1. The standard InChI is InChI=1S/C17H18N2O/c1-11(2)17-16(18)14-5-3-4-6-15(14)19(17)12-7-9-13(20)10-8-12/h3-11,20H,18H2,1-2H3. The molecule has 0 amide bonds. The molecule has 0 spiro atoms. The third-order valence-corrected chi connectivity index (χ3v) is 3.61. The monoisotopic (exact) mass is 266 g/mol. The van der Waals surface area contributed by atoms with Crippen LogP contribution in [0, 0.1) is 0 Å². The number of phenolic OH excluding ortho intramolecular Hbond substituents is 1. The van der Waals surface area contributed by atoms with Crippen LogP contribution in [0.15, 0.2) is 48.5 Å². The molecule has 2 aromatic carbocycles. The predicted molar refractivity (Wildman–Crippen MR) is 83.4 cm³/mol. The Morgan fingerprint density at radius 3 is 2.30 bits per heavy atom. The fourth-order valence-electron chi connectivity index (χ4n) is 2.73. The van der Waals surface area contributed by atoms with Gasteiger partial charge in [0.1, 0.15) is 5.75 Å². The van der Waals surface area contributed by atoms with E-state index >= 15 is 0 Å². The third-order valence-electron chi connectivity index (χ3n) is 3.61. The molecule has 3 nitrogen and oxygen atoms in total. The van der Waals surface area contributed by atoms with Crippen LogP contribution < -0.4 is 5.73 Å². The van der Waals surface area contributed by atoms with Crippen molar-refractivity contribution in [1.29, 1.82) is 0 Å². The Morgan fingerprint density at radius 1 is 1.00 bits per heavy atom. The van der Waals surface area contributed by atoms with Gasteiger partial charge in [-0.25, -0.2) is 0 Å². The van der Waals surface area contributed by atoms with Gasteiger partial charge in [0.25, 0.3) is 0 Å². The highest BCUT2D eigenvalue weighted by atomic mass is 16.3. The second kappa shape index (κ2) is 4.60. The molecule has 3 aromatic rings. The molecule has 3 N–H and O–H groups in total. The number of aromatic nitrogens is 1. The Labute approximate surface area is 118 Å². The number of rotatable bonds is 2. The summed E-state index contributed by atoms with van der Waals surface area (Å²) in [5.74, 6) is 0.584. The molecule has 3 heteroatoms. The Kier molecular flexibility index (Phi) is 2.90. The Balaban J connectivity index is 2.38. The van der Waals surface area contributed by atoms with Gasteiger partial charge in [-0.15, -0.1) is 0 Å². The average Bonchev–Trinajstić information content (AvgIpc) is 2.74. The van der Waals surface area contributed by atoms with E-state index in [0.717, 1.165) is 28.0 Å². The first kappa shape index (κ1) is 12.6. The zero-order valence-electron chi connectivity index (χ0n) is 11.7. The predicted octanol–water partition coefficient (Wildman–Crippen LogP) is 4.04. The minimum absolute atomic E-state index is 0.268. The summed E-state index contributed by atoms with van der Waals surface area (Å²) in [6.45, 7) is 4.28. The molecular formula is C17H18N2O. The summed E-state index contributed by atoms with van der Waals surface area (Å²) in [7, 11) is 0. The Bertz CT molecular complexity index is 755. The van der Waals surface area contributed by atoms with Crippen molar-refractivity contribution < 1.29 is 5.11 Å². The maximum atomic E-state index is 9.47. The van der Waals surface area contributed by atoms with Gasteiger partial charge < -0.3 is 15.4 Å². The normalized spacial score (nSPS) is 11.3. The summed E-state index contributed by atoms with van der Waals surface area (Å²) in [6, 6.07) is 15.4. The van der Waals surface area contributed by atoms with E-state index in [9.17, 15) is 5.11 Å². The molecule has 1 aromatic heterocycles. The summed E-state index contributed by atoms with van der Waals surface area (Å²) in [5.41, 5.74) is 10.4. The molecule has 0 fully saturated rings. The van der Waals surface area contributed by atoms with Crippen molar-refractivity contribution in [3.8, 4) is 11.4 Å². The summed E-state index contributed by atoms with van der Waals surface area (Å²) < 4.78 is 2.18. The van der Waals surface area contributed by atoms with Crippen molar-refractivity contribution in [2.75, 3.05) is 5.73 Å². The number of hydrogen-bond donors (Lipinski definition) is 2. The first-order valence-electron chi connectivity index (χ1n) is 6.78. The van der Waals surface area contributed by atoms with Gasteiger partial charge in [-0.05, 0) is 36.2 Å². The highest BCUT2D eigenvalue weighted by Gasteiger charge is 2.18.